The van der Waals surface area contributed by atoms with E-state index in [4.69, 9.17) is 0 Å². The third-order valence-electron chi connectivity index (χ3n) is 4.76. The largest absolute Gasteiger partial charge is 0.325 e. The van der Waals surface area contributed by atoms with Crippen LogP contribution in [0.5, 0.6) is 0 Å². The van der Waals surface area contributed by atoms with Crippen LogP contribution in [0.3, 0.4) is 0 Å². The molecule has 2 aromatic carbocycles. The van der Waals surface area contributed by atoms with Gasteiger partial charge in [-0.1, -0.05) is 30.4 Å². The van der Waals surface area contributed by atoms with Crippen molar-refractivity contribution < 1.29 is 14.0 Å². The first-order valence-electron chi connectivity index (χ1n) is 10.2. The van der Waals surface area contributed by atoms with E-state index in [9.17, 15) is 14.0 Å². The average molecular weight is 449 g/mol. The number of carbonyl (C=O) groups is 2. The highest BCUT2D eigenvalue weighted by Gasteiger charge is 2.16. The Balaban J connectivity index is 1.50. The predicted molar refractivity (Wildman–Crippen MR) is 124 cm³/mol. The Morgan fingerprint density at radius 3 is 2.69 bits per heavy atom. The molecule has 1 heterocycles. The normalized spacial score (nSPS) is 13.0. The molecule has 1 aromatic heterocycles. The molecule has 0 aliphatic heterocycles. The molecule has 1 aliphatic rings. The summed E-state index contributed by atoms with van der Waals surface area (Å²) in [5.41, 5.74) is 1.57. The first kappa shape index (κ1) is 21.7. The maximum absolute atomic E-state index is 14.4. The quantitative estimate of drug-likeness (QED) is 0.505. The molecular weight excluding hydrogens is 427 g/mol. The highest BCUT2D eigenvalue weighted by Crippen LogP contribution is 2.25. The molecule has 0 unspecified atom stereocenters. The Labute approximate surface area is 189 Å². The molecule has 6 nitrogen and oxygen atoms in total. The van der Waals surface area contributed by atoms with Gasteiger partial charge in [0.2, 0.25) is 5.91 Å². The maximum Gasteiger partial charge on any atom is 0.234 e. The van der Waals surface area contributed by atoms with Crippen LogP contribution in [0.4, 0.5) is 10.1 Å². The lowest BCUT2D eigenvalue weighted by atomic mass is 10.2. The predicted octanol–water partition coefficient (Wildman–Crippen LogP) is 4.72. The number of aldehydes is 1. The van der Waals surface area contributed by atoms with Gasteiger partial charge in [0, 0.05) is 10.6 Å². The standard InChI is InChI=1S/C24H21FN4O2S/c25-21-9-5-4-8-20(21)24-27-22(14-15-30)28-29(24)18-12-10-17(11-13-18)26-23(31)16-32-19-6-2-1-3-7-19/h2,4-13,15H,1,3,14,16H2,(H,26,31). The molecule has 0 bridgehead atoms. The van der Waals surface area contributed by atoms with Gasteiger partial charge in [-0.25, -0.2) is 14.1 Å². The number of benzene rings is 2. The molecule has 0 atom stereocenters. The summed E-state index contributed by atoms with van der Waals surface area (Å²) in [5, 5.41) is 7.24. The van der Waals surface area contributed by atoms with Gasteiger partial charge in [0.1, 0.15) is 12.1 Å². The fourth-order valence-corrected chi connectivity index (χ4v) is 4.04. The Morgan fingerprint density at radius 1 is 1.16 bits per heavy atom. The van der Waals surface area contributed by atoms with Crippen molar-refractivity contribution in [1.82, 2.24) is 14.8 Å². The number of nitrogens with one attached hydrogen (secondary N) is 1. The molecule has 32 heavy (non-hydrogen) atoms. The molecule has 1 amide bonds. The van der Waals surface area contributed by atoms with Crippen molar-refractivity contribution in [3.63, 3.8) is 0 Å². The summed E-state index contributed by atoms with van der Waals surface area (Å²) in [7, 11) is 0. The van der Waals surface area contributed by atoms with Crippen molar-refractivity contribution in [2.24, 2.45) is 0 Å². The number of amides is 1. The fraction of sp³-hybridized carbons (Fsp3) is 0.167. The van der Waals surface area contributed by atoms with E-state index in [1.807, 2.05) is 6.08 Å². The van der Waals surface area contributed by atoms with E-state index in [0.29, 0.717) is 35.1 Å². The molecule has 1 N–H and O–H groups in total. The maximum atomic E-state index is 14.4. The van der Waals surface area contributed by atoms with E-state index in [2.05, 4.69) is 27.6 Å². The number of nitrogens with zero attached hydrogens (tertiary/aromatic N) is 3. The zero-order chi connectivity index (χ0) is 22.3. The van der Waals surface area contributed by atoms with E-state index in [-0.39, 0.29) is 17.9 Å². The average Bonchev–Trinajstić information content (AvgIpc) is 3.23. The first-order valence-corrected chi connectivity index (χ1v) is 11.2. The number of hydrogen-bond donors (Lipinski definition) is 1. The van der Waals surface area contributed by atoms with Gasteiger partial charge in [-0.15, -0.1) is 11.8 Å². The van der Waals surface area contributed by atoms with Crippen LogP contribution in [0.25, 0.3) is 17.1 Å². The number of halogens is 1. The number of aromatic nitrogens is 3. The molecule has 0 spiro atoms. The van der Waals surface area contributed by atoms with Crippen LogP contribution >= 0.6 is 11.8 Å². The monoisotopic (exact) mass is 448 g/mol. The molecule has 4 rings (SSSR count). The molecule has 0 saturated heterocycles. The van der Waals surface area contributed by atoms with E-state index < -0.39 is 5.82 Å². The minimum absolute atomic E-state index is 0.0336. The number of hydrogen-bond acceptors (Lipinski definition) is 5. The molecule has 1 aliphatic carbocycles. The summed E-state index contributed by atoms with van der Waals surface area (Å²) >= 11 is 1.51. The highest BCUT2D eigenvalue weighted by molar-refractivity contribution is 8.03. The second-order valence-electron chi connectivity index (χ2n) is 7.08. The lowest BCUT2D eigenvalue weighted by Gasteiger charge is -2.10. The Kier molecular flexibility index (Phi) is 6.91. The summed E-state index contributed by atoms with van der Waals surface area (Å²) in [6, 6.07) is 13.3. The second-order valence-corrected chi connectivity index (χ2v) is 8.13. The van der Waals surface area contributed by atoms with Gasteiger partial charge in [-0.2, -0.15) is 5.10 Å². The lowest BCUT2D eigenvalue weighted by Crippen LogP contribution is -2.14. The third-order valence-corrected chi connectivity index (χ3v) is 5.80. The summed E-state index contributed by atoms with van der Waals surface area (Å²) in [6.45, 7) is 0. The van der Waals surface area contributed by atoms with E-state index in [1.165, 1.54) is 22.5 Å². The Bertz CT molecular complexity index is 1180. The Hall–Kier alpha value is -3.52. The van der Waals surface area contributed by atoms with E-state index >= 15 is 0 Å². The summed E-state index contributed by atoms with van der Waals surface area (Å²) in [6.07, 6.45) is 9.08. The molecule has 0 saturated carbocycles. The van der Waals surface area contributed by atoms with Gasteiger partial charge in [0.05, 0.1) is 23.4 Å². The molecule has 0 fully saturated rings. The molecule has 8 heteroatoms. The number of allylic oxidation sites excluding steroid dienone is 3. The third kappa shape index (κ3) is 5.20. The summed E-state index contributed by atoms with van der Waals surface area (Å²) in [4.78, 5) is 28.7. The number of anilines is 1. The van der Waals surface area contributed by atoms with E-state index in [0.717, 1.165) is 17.7 Å². The molecule has 3 aromatic rings. The summed E-state index contributed by atoms with van der Waals surface area (Å²) in [5.74, 6) is 0.417. The van der Waals surface area contributed by atoms with Crippen molar-refractivity contribution >= 4 is 29.6 Å². The number of rotatable bonds is 8. The summed E-state index contributed by atoms with van der Waals surface area (Å²) < 4.78 is 15.9. The molecular formula is C24H21FN4O2S. The number of carbonyl (C=O) groups excluding carboxylic acids is 2. The van der Waals surface area contributed by atoms with Crippen LogP contribution in [-0.2, 0) is 16.0 Å². The zero-order valence-corrected chi connectivity index (χ0v) is 18.0. The van der Waals surface area contributed by atoms with Gasteiger partial charge in [-0.05, 0) is 49.2 Å². The van der Waals surface area contributed by atoms with Crippen LogP contribution < -0.4 is 5.32 Å². The van der Waals surface area contributed by atoms with Gasteiger partial charge in [-0.3, -0.25) is 4.79 Å². The molecule has 162 valence electrons. The van der Waals surface area contributed by atoms with Gasteiger partial charge in [0.15, 0.2) is 11.6 Å². The lowest BCUT2D eigenvalue weighted by molar-refractivity contribution is -0.113. The molecule has 0 radical (unpaired) electrons. The highest BCUT2D eigenvalue weighted by atomic mass is 32.2. The van der Waals surface area contributed by atoms with Crippen molar-refractivity contribution in [3.8, 4) is 17.1 Å². The SMILES string of the molecule is O=CCc1nc(-c2ccccc2F)n(-c2ccc(NC(=O)CSC3=CCCC=C3)cc2)n1. The smallest absolute Gasteiger partial charge is 0.234 e. The van der Waals surface area contributed by atoms with Crippen LogP contribution in [0.2, 0.25) is 0 Å². The van der Waals surface area contributed by atoms with Gasteiger partial charge >= 0.3 is 0 Å². The minimum atomic E-state index is -0.428. The topological polar surface area (TPSA) is 76.9 Å². The van der Waals surface area contributed by atoms with Gasteiger partial charge in [0.25, 0.3) is 0 Å². The fourth-order valence-electron chi connectivity index (χ4n) is 3.24. The van der Waals surface area contributed by atoms with Crippen LogP contribution in [0.15, 0.2) is 71.7 Å². The van der Waals surface area contributed by atoms with Crippen LogP contribution in [-0.4, -0.2) is 32.7 Å². The van der Waals surface area contributed by atoms with Crippen molar-refractivity contribution in [2.75, 3.05) is 11.1 Å². The van der Waals surface area contributed by atoms with Crippen LogP contribution in [0, 0.1) is 5.82 Å². The van der Waals surface area contributed by atoms with E-state index in [1.54, 1.807) is 42.5 Å². The van der Waals surface area contributed by atoms with Gasteiger partial charge < -0.3 is 10.1 Å². The second kappa shape index (κ2) is 10.2. The van der Waals surface area contributed by atoms with Crippen molar-refractivity contribution in [2.45, 2.75) is 19.3 Å². The van der Waals surface area contributed by atoms with Crippen molar-refractivity contribution in [1.29, 1.82) is 0 Å². The number of thioether (sulfide) groups is 1. The Morgan fingerprint density at radius 2 is 1.97 bits per heavy atom. The zero-order valence-electron chi connectivity index (χ0n) is 17.2. The van der Waals surface area contributed by atoms with Crippen molar-refractivity contribution in [3.05, 3.63) is 83.3 Å². The first-order chi connectivity index (χ1) is 15.6. The minimum Gasteiger partial charge on any atom is -0.325 e. The van der Waals surface area contributed by atoms with Crippen LogP contribution in [0.1, 0.15) is 18.7 Å².